The molecule has 2 aromatic carbocycles. The molecule has 0 bridgehead atoms. The van der Waals surface area contributed by atoms with Crippen molar-refractivity contribution in [3.05, 3.63) is 103 Å². The van der Waals surface area contributed by atoms with E-state index in [1.54, 1.807) is 31.4 Å². The maximum atomic E-state index is 13.4. The average molecular weight is 426 g/mol. The van der Waals surface area contributed by atoms with E-state index in [1.165, 1.54) is 17.9 Å². The third kappa shape index (κ3) is 2.29. The molecule has 0 spiro atoms. The van der Waals surface area contributed by atoms with E-state index in [-0.39, 0.29) is 11.0 Å². The summed E-state index contributed by atoms with van der Waals surface area (Å²) in [5.41, 5.74) is 2.67. The molecule has 158 valence electrons. The summed E-state index contributed by atoms with van der Waals surface area (Å²) >= 11 is 0. The van der Waals surface area contributed by atoms with Crippen LogP contribution in [0.3, 0.4) is 0 Å². The van der Waals surface area contributed by atoms with Gasteiger partial charge in [-0.05, 0) is 24.3 Å². The molecule has 0 saturated heterocycles. The van der Waals surface area contributed by atoms with Crippen molar-refractivity contribution in [3.8, 4) is 5.69 Å². The number of fused-ring (bicyclic) bond motifs is 6. The number of aromatic nitrogens is 3. The van der Waals surface area contributed by atoms with Crippen molar-refractivity contribution in [2.45, 2.75) is 6.04 Å². The molecule has 8 nitrogen and oxygen atoms in total. The first-order chi connectivity index (χ1) is 15.5. The highest BCUT2D eigenvalue weighted by molar-refractivity contribution is 5.87. The highest BCUT2D eigenvalue weighted by Crippen LogP contribution is 2.39. The fourth-order valence-corrected chi connectivity index (χ4v) is 4.63. The summed E-state index contributed by atoms with van der Waals surface area (Å²) in [6.07, 6.45) is 3.19. The second-order valence-corrected chi connectivity index (χ2v) is 7.96. The number of benzene rings is 2. The van der Waals surface area contributed by atoms with Gasteiger partial charge in [-0.25, -0.2) is 4.79 Å². The Morgan fingerprint density at radius 1 is 0.906 bits per heavy atom. The van der Waals surface area contributed by atoms with E-state index < -0.39 is 11.7 Å². The summed E-state index contributed by atoms with van der Waals surface area (Å²) in [4.78, 5) is 39.1. The molecular formula is C24H18N4O4. The predicted molar refractivity (Wildman–Crippen MR) is 122 cm³/mol. The standard InChI is InChI=1S/C24H18N4O4/c1-26-20-14(23(30)27(2)24(26)31)11-28-17-9-5-4-8-16(17)25-19(21(20)28)15-12-32-18-10-6-3-7-13(18)22(15)29/h3-12,19,25H,1-2H3. The molecule has 1 aliphatic rings. The Bertz CT molecular complexity index is 1750. The van der Waals surface area contributed by atoms with Crippen LogP contribution in [0.5, 0.6) is 0 Å². The minimum absolute atomic E-state index is 0.168. The predicted octanol–water partition coefficient (Wildman–Crippen LogP) is 2.65. The summed E-state index contributed by atoms with van der Waals surface area (Å²) in [5.74, 6) is 0. The first-order valence-electron chi connectivity index (χ1n) is 10.1. The lowest BCUT2D eigenvalue weighted by molar-refractivity contribution is 0.586. The number of hydrogen-bond donors (Lipinski definition) is 1. The Morgan fingerprint density at radius 2 is 1.66 bits per heavy atom. The smallest absolute Gasteiger partial charge is 0.331 e. The molecule has 0 radical (unpaired) electrons. The van der Waals surface area contributed by atoms with Crippen molar-refractivity contribution in [1.29, 1.82) is 0 Å². The monoisotopic (exact) mass is 426 g/mol. The number of rotatable bonds is 1. The summed E-state index contributed by atoms with van der Waals surface area (Å²) in [6.45, 7) is 0. The van der Waals surface area contributed by atoms with Crippen LogP contribution in [0.1, 0.15) is 17.3 Å². The van der Waals surface area contributed by atoms with Gasteiger partial charge in [0, 0.05) is 20.3 Å². The van der Waals surface area contributed by atoms with Gasteiger partial charge in [-0.3, -0.25) is 18.7 Å². The first-order valence-corrected chi connectivity index (χ1v) is 10.1. The summed E-state index contributed by atoms with van der Waals surface area (Å²) in [6, 6.07) is 14.1. The SMILES string of the molecule is Cn1c(=O)c2cn3c(c2n(C)c1=O)C(c1coc2ccccc2c1=O)Nc1ccccc1-3. The van der Waals surface area contributed by atoms with Gasteiger partial charge in [-0.1, -0.05) is 24.3 Å². The number of aryl methyl sites for hydroxylation is 1. The zero-order chi connectivity index (χ0) is 22.1. The van der Waals surface area contributed by atoms with Crippen LogP contribution < -0.4 is 22.0 Å². The topological polar surface area (TPSA) is 91.2 Å². The number of nitrogens with zero attached hydrogens (tertiary/aromatic N) is 3. The van der Waals surface area contributed by atoms with E-state index in [2.05, 4.69) is 5.32 Å². The zero-order valence-corrected chi connectivity index (χ0v) is 17.3. The molecule has 1 atom stereocenters. The lowest BCUT2D eigenvalue weighted by Crippen LogP contribution is -2.37. The van der Waals surface area contributed by atoms with Gasteiger partial charge in [0.05, 0.1) is 38.9 Å². The third-order valence-corrected chi connectivity index (χ3v) is 6.21. The van der Waals surface area contributed by atoms with Gasteiger partial charge in [0.15, 0.2) is 5.43 Å². The van der Waals surface area contributed by atoms with Gasteiger partial charge in [-0.15, -0.1) is 0 Å². The highest BCUT2D eigenvalue weighted by Gasteiger charge is 2.32. The minimum Gasteiger partial charge on any atom is -0.464 e. The van der Waals surface area contributed by atoms with Crippen LogP contribution in [0.2, 0.25) is 0 Å². The van der Waals surface area contributed by atoms with E-state index >= 15 is 0 Å². The van der Waals surface area contributed by atoms with Gasteiger partial charge in [0.25, 0.3) is 5.56 Å². The Morgan fingerprint density at radius 3 is 2.50 bits per heavy atom. The van der Waals surface area contributed by atoms with Crippen LogP contribution in [0.15, 0.2) is 79.8 Å². The Balaban J connectivity index is 1.76. The van der Waals surface area contributed by atoms with E-state index in [9.17, 15) is 14.4 Å². The van der Waals surface area contributed by atoms with Crippen LogP contribution in [-0.2, 0) is 14.1 Å². The molecule has 0 amide bonds. The number of para-hydroxylation sites is 3. The van der Waals surface area contributed by atoms with Gasteiger partial charge >= 0.3 is 5.69 Å². The summed E-state index contributed by atoms with van der Waals surface area (Å²) < 4.78 is 10.2. The molecule has 3 aromatic heterocycles. The normalized spacial score (nSPS) is 14.9. The number of hydrogen-bond acceptors (Lipinski definition) is 5. The first kappa shape index (κ1) is 18.4. The zero-order valence-electron chi connectivity index (χ0n) is 17.3. The van der Waals surface area contributed by atoms with Gasteiger partial charge in [0.1, 0.15) is 17.9 Å². The summed E-state index contributed by atoms with van der Waals surface area (Å²) in [5, 5.41) is 4.30. The molecule has 6 rings (SSSR count). The van der Waals surface area contributed by atoms with Crippen molar-refractivity contribution >= 4 is 27.6 Å². The van der Waals surface area contributed by atoms with Gasteiger partial charge in [0.2, 0.25) is 0 Å². The second kappa shape index (κ2) is 6.34. The maximum Gasteiger partial charge on any atom is 0.331 e. The van der Waals surface area contributed by atoms with Crippen molar-refractivity contribution in [2.75, 3.05) is 5.32 Å². The van der Waals surface area contributed by atoms with Crippen LogP contribution >= 0.6 is 0 Å². The van der Waals surface area contributed by atoms with E-state index in [4.69, 9.17) is 4.42 Å². The van der Waals surface area contributed by atoms with Crippen molar-refractivity contribution in [3.63, 3.8) is 0 Å². The van der Waals surface area contributed by atoms with Crippen LogP contribution in [0.25, 0.3) is 27.6 Å². The highest BCUT2D eigenvalue weighted by atomic mass is 16.3. The quantitative estimate of drug-likeness (QED) is 0.445. The molecule has 1 N–H and O–H groups in total. The van der Waals surface area contributed by atoms with Crippen LogP contribution in [0, 0.1) is 0 Å². The summed E-state index contributed by atoms with van der Waals surface area (Å²) in [7, 11) is 3.09. The third-order valence-electron chi connectivity index (χ3n) is 6.21. The molecule has 0 fully saturated rings. The Kier molecular flexibility index (Phi) is 3.65. The van der Waals surface area contributed by atoms with Gasteiger partial charge in [-0.2, -0.15) is 0 Å². The lowest BCUT2D eigenvalue weighted by Gasteiger charge is -2.29. The van der Waals surface area contributed by atoms with Crippen LogP contribution in [0.4, 0.5) is 5.69 Å². The van der Waals surface area contributed by atoms with Crippen molar-refractivity contribution in [1.82, 2.24) is 13.7 Å². The molecule has 5 aromatic rings. The molecule has 4 heterocycles. The molecule has 8 heteroatoms. The minimum atomic E-state index is -0.624. The lowest BCUT2D eigenvalue weighted by atomic mass is 9.99. The van der Waals surface area contributed by atoms with E-state index in [0.717, 1.165) is 15.9 Å². The molecule has 1 unspecified atom stereocenters. The maximum absolute atomic E-state index is 13.4. The molecule has 1 aliphatic heterocycles. The average Bonchev–Trinajstić information content (AvgIpc) is 3.23. The molecular weight excluding hydrogens is 408 g/mol. The Hall–Kier alpha value is -4.33. The molecule has 32 heavy (non-hydrogen) atoms. The largest absolute Gasteiger partial charge is 0.464 e. The Labute approximate surface area is 180 Å². The van der Waals surface area contributed by atoms with Crippen molar-refractivity contribution in [2.24, 2.45) is 14.1 Å². The molecule has 0 saturated carbocycles. The van der Waals surface area contributed by atoms with Crippen LogP contribution in [-0.4, -0.2) is 13.7 Å². The van der Waals surface area contributed by atoms with E-state index in [0.29, 0.717) is 33.1 Å². The second-order valence-electron chi connectivity index (χ2n) is 7.96. The fourth-order valence-electron chi connectivity index (χ4n) is 4.63. The van der Waals surface area contributed by atoms with E-state index in [1.807, 2.05) is 34.9 Å². The number of anilines is 1. The van der Waals surface area contributed by atoms with Crippen molar-refractivity contribution < 1.29 is 4.42 Å². The number of nitrogens with one attached hydrogen (secondary N) is 1. The molecule has 0 aliphatic carbocycles. The van der Waals surface area contributed by atoms with Gasteiger partial charge < -0.3 is 14.3 Å². The fraction of sp³-hybridized carbons (Fsp3) is 0.125.